The van der Waals surface area contributed by atoms with Gasteiger partial charge < -0.3 is 15.6 Å². The normalized spacial score (nSPS) is 11.4. The number of aromatic nitrogens is 2. The zero-order chi connectivity index (χ0) is 14.2. The van der Waals surface area contributed by atoms with E-state index in [4.69, 9.17) is 10.9 Å². The van der Waals surface area contributed by atoms with Crippen LogP contribution in [0.5, 0.6) is 0 Å². The molecule has 0 spiro atoms. The third kappa shape index (κ3) is 2.41. The molecule has 2 aromatic rings. The number of nitrogens with two attached hydrogens (primary N) is 2. The van der Waals surface area contributed by atoms with Crippen LogP contribution < -0.4 is 16.0 Å². The lowest BCUT2D eigenvalue weighted by atomic mass is 10.1. The number of aromatic carboxylic acids is 1. The van der Waals surface area contributed by atoms with E-state index in [1.807, 2.05) is 0 Å². The van der Waals surface area contributed by atoms with E-state index < -0.39 is 21.9 Å². The van der Waals surface area contributed by atoms with E-state index in [-0.39, 0.29) is 5.56 Å². The highest BCUT2D eigenvalue weighted by Gasteiger charge is 2.18. The highest BCUT2D eigenvalue weighted by Crippen LogP contribution is 2.25. The van der Waals surface area contributed by atoms with Crippen molar-refractivity contribution < 1.29 is 18.3 Å². The minimum Gasteiger partial charge on any atom is -0.543 e. The van der Waals surface area contributed by atoms with Gasteiger partial charge in [-0.2, -0.15) is 8.42 Å². The van der Waals surface area contributed by atoms with Crippen molar-refractivity contribution >= 4 is 21.9 Å². The van der Waals surface area contributed by atoms with Gasteiger partial charge in [0, 0.05) is 29.7 Å². The highest BCUT2D eigenvalue weighted by molar-refractivity contribution is 7.87. The molecule has 0 atom stereocenters. The van der Waals surface area contributed by atoms with Gasteiger partial charge in [0.25, 0.3) is 0 Å². The van der Waals surface area contributed by atoms with Crippen molar-refractivity contribution in [2.75, 3.05) is 5.73 Å². The first-order chi connectivity index (χ1) is 8.80. The number of carboxylic acids is 1. The summed E-state index contributed by atoms with van der Waals surface area (Å²) in [5.41, 5.74) is 5.73. The second kappa shape index (κ2) is 4.37. The zero-order valence-corrected chi connectivity index (χ0v) is 10.3. The quantitative estimate of drug-likeness (QED) is 0.704. The van der Waals surface area contributed by atoms with Crippen LogP contribution in [0.25, 0.3) is 11.1 Å². The molecule has 0 aliphatic rings. The first-order valence-electron chi connectivity index (χ1n) is 4.97. The Morgan fingerprint density at radius 1 is 1.37 bits per heavy atom. The lowest BCUT2D eigenvalue weighted by Gasteiger charge is -2.10. The Hall–Kier alpha value is -2.39. The molecule has 0 aliphatic heterocycles. The molecule has 19 heavy (non-hydrogen) atoms. The monoisotopic (exact) mass is 281 g/mol. The Bertz CT molecular complexity index is 751. The van der Waals surface area contributed by atoms with Crippen LogP contribution in [-0.4, -0.2) is 23.3 Å². The lowest BCUT2D eigenvalue weighted by molar-refractivity contribution is -0.255. The summed E-state index contributed by atoms with van der Waals surface area (Å²) < 4.78 is 23.0. The Morgan fingerprint density at radius 2 is 2.05 bits per heavy atom. The summed E-state index contributed by atoms with van der Waals surface area (Å²) >= 11 is 0. The van der Waals surface area contributed by atoms with Crippen LogP contribution in [0, 0.1) is 0 Å². The highest BCUT2D eigenvalue weighted by atomic mass is 32.2. The fourth-order valence-electron chi connectivity index (χ4n) is 1.66. The topological polar surface area (TPSA) is 144 Å². The van der Waals surface area contributed by atoms with E-state index in [0.29, 0.717) is 15.2 Å². The standard InChI is InChI=1S/C10H10N4O4S/c11-7-3-6(4-13-5-7)8-1-2-14(19(12,17)18)9(8)10(15)16/h1-5H,11H2,(H,15,16)(H2,12,17,18)/p-1. The number of pyridine rings is 1. The van der Waals surface area contributed by atoms with Gasteiger partial charge in [-0.1, -0.05) is 0 Å². The number of carbonyl (C=O) groups is 1. The number of hydrogen-bond donors (Lipinski definition) is 2. The van der Waals surface area contributed by atoms with E-state index in [1.54, 1.807) is 0 Å². The number of hydrogen-bond acceptors (Lipinski definition) is 6. The lowest BCUT2D eigenvalue weighted by Crippen LogP contribution is -2.31. The van der Waals surface area contributed by atoms with E-state index in [2.05, 4.69) is 4.98 Å². The fourth-order valence-corrected chi connectivity index (χ4v) is 2.32. The average molecular weight is 281 g/mol. The summed E-state index contributed by atoms with van der Waals surface area (Å²) in [6.07, 6.45) is 3.75. The van der Waals surface area contributed by atoms with Crippen molar-refractivity contribution in [3.8, 4) is 11.1 Å². The van der Waals surface area contributed by atoms with E-state index in [1.165, 1.54) is 24.5 Å². The van der Waals surface area contributed by atoms with E-state index >= 15 is 0 Å². The van der Waals surface area contributed by atoms with Gasteiger partial charge in [0.1, 0.15) is 0 Å². The molecule has 0 bridgehead atoms. The summed E-state index contributed by atoms with van der Waals surface area (Å²) in [5.74, 6) is -1.67. The van der Waals surface area contributed by atoms with Crippen molar-refractivity contribution in [2.24, 2.45) is 5.14 Å². The van der Waals surface area contributed by atoms with E-state index in [0.717, 1.165) is 6.20 Å². The largest absolute Gasteiger partial charge is 0.543 e. The average Bonchev–Trinajstić information content (AvgIpc) is 2.72. The Balaban J connectivity index is 2.73. The summed E-state index contributed by atoms with van der Waals surface area (Å²) in [6, 6.07) is 2.74. The van der Waals surface area contributed by atoms with Gasteiger partial charge in [0.05, 0.1) is 17.4 Å². The second-order valence-corrected chi connectivity index (χ2v) is 5.14. The maximum atomic E-state index is 11.3. The molecular formula is C10H9N4O4S-. The number of nitrogens with zero attached hydrogens (tertiary/aromatic N) is 2. The van der Waals surface area contributed by atoms with Crippen LogP contribution in [-0.2, 0) is 10.2 Å². The van der Waals surface area contributed by atoms with Crippen LogP contribution in [0.2, 0.25) is 0 Å². The smallest absolute Gasteiger partial charge is 0.302 e. The molecule has 0 saturated carbocycles. The molecule has 4 N–H and O–H groups in total. The minimum absolute atomic E-state index is 0.105. The number of carboxylic acid groups (broad SMARTS) is 1. The molecule has 0 aromatic carbocycles. The number of carbonyl (C=O) groups excluding carboxylic acids is 1. The van der Waals surface area contributed by atoms with Gasteiger partial charge in [-0.25, -0.2) is 9.11 Å². The number of rotatable bonds is 3. The molecule has 2 rings (SSSR count). The van der Waals surface area contributed by atoms with Crippen molar-refractivity contribution in [2.45, 2.75) is 0 Å². The molecule has 0 aliphatic carbocycles. The van der Waals surface area contributed by atoms with Crippen molar-refractivity contribution in [1.29, 1.82) is 0 Å². The van der Waals surface area contributed by atoms with Crippen LogP contribution in [0.1, 0.15) is 10.5 Å². The molecule has 0 unspecified atom stereocenters. The molecule has 8 nitrogen and oxygen atoms in total. The minimum atomic E-state index is -4.23. The molecule has 2 heterocycles. The fraction of sp³-hybridized carbons (Fsp3) is 0. The maximum absolute atomic E-state index is 11.3. The molecule has 0 fully saturated rings. The van der Waals surface area contributed by atoms with Crippen LogP contribution in [0.4, 0.5) is 5.69 Å². The zero-order valence-electron chi connectivity index (χ0n) is 9.48. The third-order valence-corrected chi connectivity index (χ3v) is 3.24. The van der Waals surface area contributed by atoms with Gasteiger partial charge in [-0.3, -0.25) is 4.98 Å². The maximum Gasteiger partial charge on any atom is 0.302 e. The Kier molecular flexibility index (Phi) is 3.00. The van der Waals surface area contributed by atoms with Crippen LogP contribution in [0.15, 0.2) is 30.7 Å². The second-order valence-electron chi connectivity index (χ2n) is 3.71. The predicted molar refractivity (Wildman–Crippen MR) is 64.9 cm³/mol. The summed E-state index contributed by atoms with van der Waals surface area (Å²) in [6.45, 7) is 0. The SMILES string of the molecule is Nc1cncc(-c2ccn(S(N)(=O)=O)c2C(=O)[O-])c1. The first-order valence-corrected chi connectivity index (χ1v) is 6.48. The van der Waals surface area contributed by atoms with Crippen molar-refractivity contribution in [3.63, 3.8) is 0 Å². The molecule has 100 valence electrons. The van der Waals surface area contributed by atoms with Gasteiger partial charge in [-0.05, 0) is 12.1 Å². The summed E-state index contributed by atoms with van der Waals surface area (Å²) in [5, 5.41) is 16.0. The summed E-state index contributed by atoms with van der Waals surface area (Å²) in [7, 11) is -4.23. The number of anilines is 1. The molecule has 0 radical (unpaired) electrons. The molecular weight excluding hydrogens is 272 g/mol. The Morgan fingerprint density at radius 3 is 2.58 bits per heavy atom. The van der Waals surface area contributed by atoms with E-state index in [9.17, 15) is 18.3 Å². The molecule has 0 amide bonds. The third-order valence-electron chi connectivity index (χ3n) is 2.39. The number of nitrogen functional groups attached to an aromatic ring is 1. The molecule has 0 saturated heterocycles. The first kappa shape index (κ1) is 13.1. The van der Waals surface area contributed by atoms with Crippen molar-refractivity contribution in [1.82, 2.24) is 8.96 Å². The van der Waals surface area contributed by atoms with Gasteiger partial charge in [-0.15, -0.1) is 0 Å². The van der Waals surface area contributed by atoms with Crippen LogP contribution in [0.3, 0.4) is 0 Å². The van der Waals surface area contributed by atoms with Crippen molar-refractivity contribution in [3.05, 3.63) is 36.4 Å². The Labute approximate surface area is 108 Å². The molecule has 9 heteroatoms. The molecule has 2 aromatic heterocycles. The van der Waals surface area contributed by atoms with Gasteiger partial charge in [0.2, 0.25) is 0 Å². The predicted octanol–water partition coefficient (Wildman–Crippen LogP) is -1.45. The van der Waals surface area contributed by atoms with Gasteiger partial charge in [0.15, 0.2) is 0 Å². The van der Waals surface area contributed by atoms with Crippen LogP contribution >= 0.6 is 0 Å². The van der Waals surface area contributed by atoms with Gasteiger partial charge >= 0.3 is 10.2 Å². The summed E-state index contributed by atoms with van der Waals surface area (Å²) in [4.78, 5) is 14.9.